The van der Waals surface area contributed by atoms with Gasteiger partial charge in [0.15, 0.2) is 0 Å². The maximum atomic E-state index is 4.50. The number of nitrogens with two attached hydrogens (primary N) is 1. The lowest BCUT2D eigenvalue weighted by atomic mass is 9.72. The van der Waals surface area contributed by atoms with Crippen LogP contribution in [0.4, 0.5) is 5.69 Å². The van der Waals surface area contributed by atoms with Crippen molar-refractivity contribution in [3.8, 4) is 0 Å². The van der Waals surface area contributed by atoms with Gasteiger partial charge in [-0.15, -0.1) is 0 Å². The second-order valence-corrected chi connectivity index (χ2v) is 8.13. The molecule has 1 fully saturated rings. The number of hydrogen-bond donors (Lipinski definition) is 2. The molecule has 0 radical (unpaired) electrons. The molecule has 0 aromatic heterocycles. The molecule has 154 valence electrons. The largest absolute Gasteiger partial charge is 0.358 e. The standard InChI is InChI=1S/C25H30N2.CH5N/c1-4-21-8-10-22(11-9-21)6-5-15-27-16-13-25(14-17-27)20(3)26-24-12-7-19(2)18-23(24)25;1-2/h4,7-12,18,26H,1,3,5-6,13-17H2,2H3;2H2,1H3. The molecule has 0 bridgehead atoms. The van der Waals surface area contributed by atoms with Crippen molar-refractivity contribution < 1.29 is 0 Å². The molecule has 2 aromatic carbocycles. The summed E-state index contributed by atoms with van der Waals surface area (Å²) in [6.45, 7) is 13.9. The second-order valence-electron chi connectivity index (χ2n) is 8.13. The lowest BCUT2D eigenvalue weighted by Gasteiger charge is -2.40. The van der Waals surface area contributed by atoms with E-state index in [0.29, 0.717) is 0 Å². The molecule has 3 N–H and O–H groups in total. The lowest BCUT2D eigenvalue weighted by molar-refractivity contribution is 0.179. The smallest absolute Gasteiger partial charge is 0.0424 e. The molecular formula is C26H35N3. The van der Waals surface area contributed by atoms with E-state index in [-0.39, 0.29) is 5.41 Å². The van der Waals surface area contributed by atoms with Gasteiger partial charge in [0.05, 0.1) is 0 Å². The van der Waals surface area contributed by atoms with Gasteiger partial charge in [0.2, 0.25) is 0 Å². The van der Waals surface area contributed by atoms with Gasteiger partial charge in [-0.3, -0.25) is 0 Å². The Labute approximate surface area is 176 Å². The molecule has 2 heterocycles. The first-order valence-electron chi connectivity index (χ1n) is 10.7. The van der Waals surface area contributed by atoms with E-state index in [2.05, 4.69) is 78.5 Å². The molecule has 1 saturated heterocycles. The van der Waals surface area contributed by atoms with E-state index in [1.54, 1.807) is 0 Å². The van der Waals surface area contributed by atoms with Crippen LogP contribution in [0.5, 0.6) is 0 Å². The molecule has 3 nitrogen and oxygen atoms in total. The summed E-state index contributed by atoms with van der Waals surface area (Å²) >= 11 is 0. The fourth-order valence-corrected chi connectivity index (χ4v) is 4.66. The lowest BCUT2D eigenvalue weighted by Crippen LogP contribution is -2.43. The van der Waals surface area contributed by atoms with Crippen molar-refractivity contribution in [2.45, 2.75) is 38.0 Å². The van der Waals surface area contributed by atoms with Crippen LogP contribution in [0.15, 0.2) is 61.3 Å². The Morgan fingerprint density at radius 2 is 1.79 bits per heavy atom. The van der Waals surface area contributed by atoms with Crippen LogP contribution >= 0.6 is 0 Å². The van der Waals surface area contributed by atoms with Crippen LogP contribution in [0.3, 0.4) is 0 Å². The minimum Gasteiger partial charge on any atom is -0.358 e. The van der Waals surface area contributed by atoms with E-state index in [1.165, 1.54) is 66.5 Å². The van der Waals surface area contributed by atoms with Gasteiger partial charge in [0.1, 0.15) is 0 Å². The Morgan fingerprint density at radius 1 is 1.10 bits per heavy atom. The number of fused-ring (bicyclic) bond motifs is 2. The second kappa shape index (κ2) is 9.43. The Balaban J connectivity index is 0.00000117. The van der Waals surface area contributed by atoms with Crippen molar-refractivity contribution in [1.82, 2.24) is 4.90 Å². The summed E-state index contributed by atoms with van der Waals surface area (Å²) in [7, 11) is 1.50. The van der Waals surface area contributed by atoms with E-state index in [9.17, 15) is 0 Å². The molecule has 0 atom stereocenters. The van der Waals surface area contributed by atoms with Gasteiger partial charge in [-0.25, -0.2) is 0 Å². The summed E-state index contributed by atoms with van der Waals surface area (Å²) in [4.78, 5) is 2.63. The van der Waals surface area contributed by atoms with Gasteiger partial charge in [-0.1, -0.05) is 61.2 Å². The molecule has 0 unspecified atom stereocenters. The molecule has 2 aliphatic heterocycles. The zero-order valence-electron chi connectivity index (χ0n) is 18.0. The Hall–Kier alpha value is -2.36. The molecule has 0 amide bonds. The number of rotatable bonds is 5. The zero-order chi connectivity index (χ0) is 20.9. The van der Waals surface area contributed by atoms with Gasteiger partial charge < -0.3 is 16.0 Å². The molecular weight excluding hydrogens is 354 g/mol. The van der Waals surface area contributed by atoms with Crippen molar-refractivity contribution >= 4 is 11.8 Å². The summed E-state index contributed by atoms with van der Waals surface area (Å²) in [5.41, 5.74) is 12.5. The van der Waals surface area contributed by atoms with Crippen LogP contribution in [-0.2, 0) is 11.8 Å². The normalized spacial score (nSPS) is 17.3. The SMILES string of the molecule is C=Cc1ccc(CCCN2CCC3(CC2)C(=C)Nc2ccc(C)cc23)cc1.CN. The summed E-state index contributed by atoms with van der Waals surface area (Å²) in [5.74, 6) is 0. The number of likely N-dealkylation sites (tertiary alicyclic amines) is 1. The van der Waals surface area contributed by atoms with Crippen molar-refractivity contribution in [1.29, 1.82) is 0 Å². The van der Waals surface area contributed by atoms with Crippen LogP contribution in [0.2, 0.25) is 0 Å². The molecule has 2 aromatic rings. The van der Waals surface area contributed by atoms with Gasteiger partial charge in [0, 0.05) is 16.8 Å². The number of nitrogens with one attached hydrogen (secondary N) is 1. The topological polar surface area (TPSA) is 41.3 Å². The molecule has 3 heteroatoms. The van der Waals surface area contributed by atoms with Gasteiger partial charge >= 0.3 is 0 Å². The van der Waals surface area contributed by atoms with Gasteiger partial charge in [-0.05, 0) is 82.0 Å². The predicted octanol–water partition coefficient (Wildman–Crippen LogP) is 5.12. The monoisotopic (exact) mass is 389 g/mol. The number of benzene rings is 2. The van der Waals surface area contributed by atoms with E-state index in [0.717, 1.165) is 19.5 Å². The molecule has 29 heavy (non-hydrogen) atoms. The highest BCUT2D eigenvalue weighted by Crippen LogP contribution is 2.49. The fourth-order valence-electron chi connectivity index (χ4n) is 4.66. The van der Waals surface area contributed by atoms with Crippen molar-refractivity contribution in [2.75, 3.05) is 32.0 Å². The summed E-state index contributed by atoms with van der Waals surface area (Å²) in [6.07, 6.45) is 6.61. The Morgan fingerprint density at radius 3 is 2.45 bits per heavy atom. The van der Waals surface area contributed by atoms with E-state index < -0.39 is 0 Å². The maximum absolute atomic E-state index is 4.50. The average Bonchev–Trinajstić information content (AvgIpc) is 3.02. The quantitative estimate of drug-likeness (QED) is 0.746. The van der Waals surface area contributed by atoms with Crippen molar-refractivity contribution in [3.05, 3.63) is 83.6 Å². The molecule has 2 aliphatic rings. The minimum absolute atomic E-state index is 0.137. The summed E-state index contributed by atoms with van der Waals surface area (Å²) in [6, 6.07) is 15.5. The van der Waals surface area contributed by atoms with E-state index in [1.807, 2.05) is 6.08 Å². The number of piperidine rings is 1. The van der Waals surface area contributed by atoms with Crippen LogP contribution in [-0.4, -0.2) is 31.6 Å². The third-order valence-electron chi connectivity index (χ3n) is 6.42. The summed E-state index contributed by atoms with van der Waals surface area (Å²) < 4.78 is 0. The number of anilines is 1. The minimum atomic E-state index is 0.137. The first-order chi connectivity index (χ1) is 14.1. The maximum Gasteiger partial charge on any atom is 0.0424 e. The van der Waals surface area contributed by atoms with E-state index in [4.69, 9.17) is 0 Å². The highest BCUT2D eigenvalue weighted by molar-refractivity contribution is 5.68. The van der Waals surface area contributed by atoms with Gasteiger partial charge in [0.25, 0.3) is 0 Å². The highest BCUT2D eigenvalue weighted by Gasteiger charge is 2.44. The number of aryl methyl sites for hydroxylation is 2. The number of allylic oxidation sites excluding steroid dienone is 1. The molecule has 0 aliphatic carbocycles. The third-order valence-corrected chi connectivity index (χ3v) is 6.42. The zero-order valence-corrected chi connectivity index (χ0v) is 18.0. The first-order valence-corrected chi connectivity index (χ1v) is 10.7. The Kier molecular flexibility index (Phi) is 6.94. The Bertz CT molecular complexity index is 843. The van der Waals surface area contributed by atoms with Crippen molar-refractivity contribution in [3.63, 3.8) is 0 Å². The van der Waals surface area contributed by atoms with Crippen LogP contribution in [0.1, 0.15) is 41.5 Å². The van der Waals surface area contributed by atoms with Crippen LogP contribution in [0, 0.1) is 6.92 Å². The average molecular weight is 390 g/mol. The molecule has 1 spiro atoms. The highest BCUT2D eigenvalue weighted by atomic mass is 15.1. The summed E-state index contributed by atoms with van der Waals surface area (Å²) in [5, 5.41) is 3.55. The van der Waals surface area contributed by atoms with Crippen LogP contribution < -0.4 is 11.1 Å². The van der Waals surface area contributed by atoms with Crippen molar-refractivity contribution in [2.24, 2.45) is 5.73 Å². The van der Waals surface area contributed by atoms with E-state index >= 15 is 0 Å². The number of nitrogens with zero attached hydrogens (tertiary/aromatic N) is 1. The third kappa shape index (κ3) is 4.47. The van der Waals surface area contributed by atoms with Crippen LogP contribution in [0.25, 0.3) is 6.08 Å². The fraction of sp³-hybridized carbons (Fsp3) is 0.385. The first kappa shape index (κ1) is 21.4. The number of hydrogen-bond acceptors (Lipinski definition) is 3. The molecule has 4 rings (SSSR count). The predicted molar refractivity (Wildman–Crippen MR) is 126 cm³/mol. The molecule has 0 saturated carbocycles. The van der Waals surface area contributed by atoms with Gasteiger partial charge in [-0.2, -0.15) is 0 Å².